The van der Waals surface area contributed by atoms with E-state index in [9.17, 15) is 9.59 Å². The van der Waals surface area contributed by atoms with E-state index in [1.54, 1.807) is 12.1 Å². The zero-order valence-electron chi connectivity index (χ0n) is 14.0. The minimum Gasteiger partial charge on any atom is -0.274 e. The summed E-state index contributed by atoms with van der Waals surface area (Å²) in [5, 5.41) is 3.38. The lowest BCUT2D eigenvalue weighted by Crippen LogP contribution is -2.31. The Bertz CT molecular complexity index is 1150. The van der Waals surface area contributed by atoms with Crippen LogP contribution in [0.4, 0.5) is 0 Å². The first-order valence-electron chi connectivity index (χ1n) is 8.44. The van der Waals surface area contributed by atoms with E-state index in [0.717, 1.165) is 16.3 Å². The number of halogens is 1. The van der Waals surface area contributed by atoms with Crippen molar-refractivity contribution in [1.82, 2.24) is 4.57 Å². The van der Waals surface area contributed by atoms with Crippen molar-refractivity contribution in [3.05, 3.63) is 104 Å². The van der Waals surface area contributed by atoms with Crippen LogP contribution in [-0.4, -0.2) is 4.57 Å². The van der Waals surface area contributed by atoms with Gasteiger partial charge in [-0.05, 0) is 47.0 Å². The number of rotatable bonds is 3. The van der Waals surface area contributed by atoms with Crippen LogP contribution in [0.5, 0.6) is 0 Å². The van der Waals surface area contributed by atoms with Gasteiger partial charge in [0.25, 0.3) is 11.1 Å². The lowest BCUT2D eigenvalue weighted by atomic mass is 10.1. The SMILES string of the molecule is O=c1c2ccccc2c2ccccc2c(=O)n1CCc1ccc(Cl)cc1. The standard InChI is InChI=1S/C22H16ClNO2/c23-16-11-9-15(10-12-16)13-14-24-21(25)19-7-3-1-5-17(19)18-6-2-4-8-20(18)22(24)26/h1-12H,13-14H2. The third kappa shape index (κ3) is 2.91. The molecule has 0 saturated heterocycles. The fourth-order valence-corrected chi connectivity index (χ4v) is 3.41. The molecule has 3 aromatic carbocycles. The quantitative estimate of drug-likeness (QED) is 0.542. The predicted octanol–water partition coefficient (Wildman–Crippen LogP) is 4.41. The number of fused-ring (bicyclic) bond motifs is 3. The van der Waals surface area contributed by atoms with Gasteiger partial charge in [-0.15, -0.1) is 0 Å². The third-order valence-electron chi connectivity index (χ3n) is 4.63. The number of hydrogen-bond donors (Lipinski definition) is 0. The summed E-state index contributed by atoms with van der Waals surface area (Å²) in [5.41, 5.74) is 0.521. The van der Waals surface area contributed by atoms with Crippen molar-refractivity contribution in [3.8, 4) is 0 Å². The van der Waals surface area contributed by atoms with Gasteiger partial charge in [0.15, 0.2) is 0 Å². The molecular formula is C22H16ClNO2. The van der Waals surface area contributed by atoms with E-state index < -0.39 is 0 Å². The van der Waals surface area contributed by atoms with Gasteiger partial charge in [-0.1, -0.05) is 60.1 Å². The number of aromatic nitrogens is 1. The molecule has 128 valence electrons. The average Bonchev–Trinajstić information content (AvgIpc) is 2.77. The van der Waals surface area contributed by atoms with Gasteiger partial charge in [0.1, 0.15) is 0 Å². The average molecular weight is 362 g/mol. The van der Waals surface area contributed by atoms with Gasteiger partial charge in [-0.25, -0.2) is 0 Å². The Hall–Kier alpha value is -2.91. The van der Waals surface area contributed by atoms with Gasteiger partial charge in [0.2, 0.25) is 0 Å². The molecule has 0 fully saturated rings. The van der Waals surface area contributed by atoms with Crippen molar-refractivity contribution in [1.29, 1.82) is 0 Å². The Morgan fingerprint density at radius 1 is 0.654 bits per heavy atom. The molecule has 1 aromatic heterocycles. The smallest absolute Gasteiger partial charge is 0.261 e. The molecular weight excluding hydrogens is 346 g/mol. The van der Waals surface area contributed by atoms with Crippen molar-refractivity contribution < 1.29 is 0 Å². The molecule has 0 aliphatic carbocycles. The van der Waals surface area contributed by atoms with Crippen LogP contribution in [0, 0.1) is 0 Å². The Kier molecular flexibility index (Phi) is 4.31. The highest BCUT2D eigenvalue weighted by atomic mass is 35.5. The van der Waals surface area contributed by atoms with Crippen LogP contribution in [0.1, 0.15) is 5.56 Å². The summed E-state index contributed by atoms with van der Waals surface area (Å²) in [4.78, 5) is 26.2. The lowest BCUT2D eigenvalue weighted by molar-refractivity contribution is 0.659. The van der Waals surface area contributed by atoms with Crippen molar-refractivity contribution >= 4 is 33.1 Å². The van der Waals surface area contributed by atoms with Crippen LogP contribution in [0.15, 0.2) is 82.4 Å². The van der Waals surface area contributed by atoms with Crippen LogP contribution in [0.2, 0.25) is 5.02 Å². The van der Waals surface area contributed by atoms with E-state index in [1.807, 2.05) is 60.7 Å². The summed E-state index contributed by atoms with van der Waals surface area (Å²) in [5.74, 6) is 0. The first-order valence-corrected chi connectivity index (χ1v) is 8.82. The van der Waals surface area contributed by atoms with Crippen molar-refractivity contribution in [2.75, 3.05) is 0 Å². The largest absolute Gasteiger partial charge is 0.274 e. The molecule has 0 spiro atoms. The van der Waals surface area contributed by atoms with Gasteiger partial charge in [-0.2, -0.15) is 0 Å². The second-order valence-electron chi connectivity index (χ2n) is 6.23. The van der Waals surface area contributed by atoms with E-state index in [2.05, 4.69) is 0 Å². The predicted molar refractivity (Wildman–Crippen MR) is 107 cm³/mol. The fourth-order valence-electron chi connectivity index (χ4n) is 3.29. The molecule has 0 amide bonds. The molecule has 4 aromatic rings. The molecule has 1 heterocycles. The minimum atomic E-state index is -0.254. The maximum Gasteiger partial charge on any atom is 0.261 e. The molecule has 0 saturated carbocycles. The molecule has 0 N–H and O–H groups in total. The Morgan fingerprint density at radius 3 is 1.62 bits per heavy atom. The zero-order valence-corrected chi connectivity index (χ0v) is 14.7. The number of benzene rings is 3. The van der Waals surface area contributed by atoms with Gasteiger partial charge in [0.05, 0.1) is 0 Å². The lowest BCUT2D eigenvalue weighted by Gasteiger charge is -2.04. The summed E-state index contributed by atoms with van der Waals surface area (Å²) in [6.07, 6.45) is 0.582. The van der Waals surface area contributed by atoms with Crippen LogP contribution >= 0.6 is 11.6 Å². The van der Waals surface area contributed by atoms with E-state index in [-0.39, 0.29) is 11.1 Å². The fraction of sp³-hybridized carbons (Fsp3) is 0.0909. The molecule has 0 aliphatic heterocycles. The normalized spacial score (nSPS) is 11.1. The van der Waals surface area contributed by atoms with E-state index in [0.29, 0.717) is 28.8 Å². The van der Waals surface area contributed by atoms with Crippen molar-refractivity contribution in [2.45, 2.75) is 13.0 Å². The van der Waals surface area contributed by atoms with Gasteiger partial charge >= 0.3 is 0 Å². The first kappa shape index (κ1) is 16.6. The molecule has 0 bridgehead atoms. The molecule has 3 nitrogen and oxygen atoms in total. The summed E-state index contributed by atoms with van der Waals surface area (Å²) < 4.78 is 1.35. The van der Waals surface area contributed by atoms with Crippen LogP contribution in [-0.2, 0) is 13.0 Å². The van der Waals surface area contributed by atoms with Gasteiger partial charge < -0.3 is 0 Å². The third-order valence-corrected chi connectivity index (χ3v) is 4.88. The maximum atomic E-state index is 13.1. The summed E-state index contributed by atoms with van der Waals surface area (Å²) >= 11 is 5.92. The molecule has 0 aliphatic rings. The monoisotopic (exact) mass is 361 g/mol. The molecule has 0 unspecified atom stereocenters. The highest BCUT2D eigenvalue weighted by Crippen LogP contribution is 2.19. The van der Waals surface area contributed by atoms with E-state index in [4.69, 9.17) is 11.6 Å². The molecule has 0 radical (unpaired) electrons. The zero-order chi connectivity index (χ0) is 18.1. The van der Waals surface area contributed by atoms with Crippen molar-refractivity contribution in [3.63, 3.8) is 0 Å². The van der Waals surface area contributed by atoms with Gasteiger partial charge in [-0.3, -0.25) is 14.2 Å². The van der Waals surface area contributed by atoms with Crippen molar-refractivity contribution in [2.24, 2.45) is 0 Å². The maximum absolute atomic E-state index is 13.1. The molecule has 4 heteroatoms. The van der Waals surface area contributed by atoms with Crippen LogP contribution < -0.4 is 11.1 Å². The number of nitrogens with zero attached hydrogens (tertiary/aromatic N) is 1. The second kappa shape index (κ2) is 6.77. The summed E-state index contributed by atoms with van der Waals surface area (Å²) in [7, 11) is 0. The highest BCUT2D eigenvalue weighted by Gasteiger charge is 2.10. The molecule has 0 atom stereocenters. The molecule has 26 heavy (non-hydrogen) atoms. The van der Waals surface area contributed by atoms with E-state index in [1.165, 1.54) is 4.57 Å². The number of aryl methyl sites for hydroxylation is 1. The minimum absolute atomic E-state index is 0.254. The summed E-state index contributed by atoms with van der Waals surface area (Å²) in [6, 6.07) is 22.2. The second-order valence-corrected chi connectivity index (χ2v) is 6.67. The number of hydrogen-bond acceptors (Lipinski definition) is 2. The van der Waals surface area contributed by atoms with Crippen LogP contribution in [0.25, 0.3) is 21.5 Å². The Morgan fingerprint density at radius 2 is 1.12 bits per heavy atom. The van der Waals surface area contributed by atoms with Gasteiger partial charge in [0, 0.05) is 22.3 Å². The van der Waals surface area contributed by atoms with Crippen LogP contribution in [0.3, 0.4) is 0 Å². The Labute approximate surface area is 155 Å². The Balaban J connectivity index is 1.95. The first-order chi connectivity index (χ1) is 12.6. The van der Waals surface area contributed by atoms with E-state index >= 15 is 0 Å². The topological polar surface area (TPSA) is 39.1 Å². The highest BCUT2D eigenvalue weighted by molar-refractivity contribution is 6.30. The molecule has 4 rings (SSSR count). The summed E-state index contributed by atoms with van der Waals surface area (Å²) in [6.45, 7) is 0.321.